The second kappa shape index (κ2) is 8.85. The second-order valence-electron chi connectivity index (χ2n) is 6.46. The molecule has 0 unspecified atom stereocenters. The quantitative estimate of drug-likeness (QED) is 0.519. The summed E-state index contributed by atoms with van der Waals surface area (Å²) in [5.74, 6) is 0.271. The molecule has 3 aromatic rings. The number of sulfonamides is 1. The molecule has 9 heteroatoms. The summed E-state index contributed by atoms with van der Waals surface area (Å²) < 4.78 is 44.8. The van der Waals surface area contributed by atoms with Gasteiger partial charge in [0.2, 0.25) is 16.9 Å². The third-order valence-corrected chi connectivity index (χ3v) is 7.41. The van der Waals surface area contributed by atoms with Crippen LogP contribution in [0.25, 0.3) is 0 Å². The zero-order chi connectivity index (χ0) is 21.1. The Morgan fingerprint density at radius 1 is 1.00 bits per heavy atom. The summed E-state index contributed by atoms with van der Waals surface area (Å²) in [6.45, 7) is -0.353. The van der Waals surface area contributed by atoms with Gasteiger partial charge in [0.25, 0.3) is 0 Å². The van der Waals surface area contributed by atoms with Crippen molar-refractivity contribution in [2.75, 3.05) is 24.9 Å². The maximum Gasteiger partial charge on any atom is 0.240 e. The van der Waals surface area contributed by atoms with E-state index in [-0.39, 0.29) is 17.2 Å². The number of ether oxygens (including phenoxy) is 1. The van der Waals surface area contributed by atoms with Crippen molar-refractivity contribution in [1.82, 2.24) is 4.72 Å². The lowest BCUT2D eigenvalue weighted by Gasteiger charge is -2.33. The third kappa shape index (κ3) is 4.41. The highest BCUT2D eigenvalue weighted by molar-refractivity contribution is 7.99. The van der Waals surface area contributed by atoms with Crippen LogP contribution in [-0.4, -0.2) is 28.4 Å². The van der Waals surface area contributed by atoms with Crippen LogP contribution in [0.5, 0.6) is 5.75 Å². The highest BCUT2D eigenvalue weighted by atomic mass is 35.5. The number of alkyl halides is 1. The first kappa shape index (κ1) is 21.0. The van der Waals surface area contributed by atoms with E-state index < -0.39 is 16.9 Å². The van der Waals surface area contributed by atoms with Crippen molar-refractivity contribution in [3.8, 4) is 5.75 Å². The summed E-state index contributed by atoms with van der Waals surface area (Å²) >= 11 is 7.87. The van der Waals surface area contributed by atoms with Gasteiger partial charge in [0.1, 0.15) is 5.75 Å². The van der Waals surface area contributed by atoms with Gasteiger partial charge in [-0.25, -0.2) is 17.5 Å². The van der Waals surface area contributed by atoms with Crippen LogP contribution in [0.4, 0.5) is 15.8 Å². The number of hydrogen-bond acceptors (Lipinski definition) is 5. The van der Waals surface area contributed by atoms with Crippen LogP contribution >= 0.6 is 23.4 Å². The van der Waals surface area contributed by atoms with Crippen molar-refractivity contribution < 1.29 is 17.5 Å². The summed E-state index contributed by atoms with van der Waals surface area (Å²) in [5, 5.41) is 0.620. The fourth-order valence-electron chi connectivity index (χ4n) is 3.20. The number of hydrogen-bond donors (Lipinski definition) is 1. The van der Waals surface area contributed by atoms with E-state index in [1.165, 1.54) is 24.3 Å². The minimum atomic E-state index is -3.71. The smallest absolute Gasteiger partial charge is 0.240 e. The third-order valence-electron chi connectivity index (χ3n) is 4.57. The van der Waals surface area contributed by atoms with Gasteiger partial charge in [-0.2, -0.15) is 0 Å². The Bertz CT molecular complexity index is 1160. The normalized spacial score (nSPS) is 12.9. The second-order valence-corrected chi connectivity index (χ2v) is 9.74. The Kier molecular flexibility index (Phi) is 6.19. The van der Waals surface area contributed by atoms with Gasteiger partial charge in [-0.3, -0.25) is 0 Å². The molecule has 0 radical (unpaired) electrons. The number of halogens is 2. The highest BCUT2D eigenvalue weighted by Gasteiger charge is 2.24. The number of nitrogens with one attached hydrogen (secondary N) is 1. The molecule has 0 amide bonds. The molecule has 4 rings (SSSR count). The molecule has 3 aromatic carbocycles. The topological polar surface area (TPSA) is 58.6 Å². The largest absolute Gasteiger partial charge is 0.463 e. The van der Waals surface area contributed by atoms with E-state index in [4.69, 9.17) is 16.3 Å². The molecule has 1 N–H and O–H groups in total. The number of para-hydroxylation sites is 1. The first-order chi connectivity index (χ1) is 14.5. The monoisotopic (exact) mass is 464 g/mol. The van der Waals surface area contributed by atoms with Crippen molar-refractivity contribution in [1.29, 1.82) is 0 Å². The summed E-state index contributed by atoms with van der Waals surface area (Å²) in [6.07, 6.45) is 0. The van der Waals surface area contributed by atoms with Crippen LogP contribution < -0.4 is 14.4 Å². The van der Waals surface area contributed by atoms with E-state index in [9.17, 15) is 12.8 Å². The molecule has 0 aliphatic carbocycles. The molecule has 0 bridgehead atoms. The van der Waals surface area contributed by atoms with E-state index >= 15 is 0 Å². The van der Waals surface area contributed by atoms with Crippen molar-refractivity contribution in [2.45, 2.75) is 14.7 Å². The molecule has 0 atom stereocenters. The minimum Gasteiger partial charge on any atom is -0.463 e. The molecule has 0 saturated heterocycles. The minimum absolute atomic E-state index is 0.0896. The molecule has 1 aliphatic heterocycles. The fourth-order valence-corrected chi connectivity index (χ4v) is 5.46. The molecule has 0 spiro atoms. The molecule has 0 saturated carbocycles. The zero-order valence-corrected chi connectivity index (χ0v) is 18.1. The van der Waals surface area contributed by atoms with Crippen LogP contribution in [0.15, 0.2) is 81.4 Å². The Morgan fingerprint density at radius 2 is 1.73 bits per heavy atom. The van der Waals surface area contributed by atoms with E-state index in [1.54, 1.807) is 11.8 Å². The SMILES string of the molecule is O=S(=O)(NCCN1c2ccccc2Sc2ccc(Cl)cc21)c1ccc(OCF)cc1. The van der Waals surface area contributed by atoms with Crippen LogP contribution in [0.2, 0.25) is 5.02 Å². The maximum absolute atomic E-state index is 12.6. The van der Waals surface area contributed by atoms with Gasteiger partial charge in [-0.1, -0.05) is 35.5 Å². The van der Waals surface area contributed by atoms with Crippen molar-refractivity contribution in [3.05, 3.63) is 71.8 Å². The standard InChI is InChI=1S/C21H18ClFN2O3S2/c22-15-5-10-21-19(13-15)25(18-3-1-2-4-20(18)29-21)12-11-24-30(26,27)17-8-6-16(7-9-17)28-14-23/h1-10,13,24H,11-12,14H2. The first-order valence-electron chi connectivity index (χ1n) is 9.10. The Morgan fingerprint density at radius 3 is 2.50 bits per heavy atom. The average Bonchev–Trinajstić information content (AvgIpc) is 2.74. The summed E-state index contributed by atoms with van der Waals surface area (Å²) in [4.78, 5) is 4.31. The molecule has 156 valence electrons. The average molecular weight is 465 g/mol. The molecule has 5 nitrogen and oxygen atoms in total. The van der Waals surface area contributed by atoms with Gasteiger partial charge in [0, 0.05) is 27.9 Å². The molecule has 30 heavy (non-hydrogen) atoms. The van der Waals surface area contributed by atoms with Gasteiger partial charge >= 0.3 is 0 Å². The predicted octanol–water partition coefficient (Wildman–Crippen LogP) is 5.23. The predicted molar refractivity (Wildman–Crippen MR) is 117 cm³/mol. The van der Waals surface area contributed by atoms with Gasteiger partial charge in [0.05, 0.1) is 16.3 Å². The molecular weight excluding hydrogens is 447 g/mol. The summed E-state index contributed by atoms with van der Waals surface area (Å²) in [5.41, 5.74) is 1.95. The van der Waals surface area contributed by atoms with E-state index in [1.807, 2.05) is 42.5 Å². The molecule has 0 fully saturated rings. The Hall–Kier alpha value is -2.26. The summed E-state index contributed by atoms with van der Waals surface area (Å²) in [6, 6.07) is 19.3. The van der Waals surface area contributed by atoms with Crippen LogP contribution in [-0.2, 0) is 10.0 Å². The van der Waals surface area contributed by atoms with Gasteiger partial charge in [0.15, 0.2) is 0 Å². The first-order valence-corrected chi connectivity index (χ1v) is 11.8. The molecule has 0 aromatic heterocycles. The van der Waals surface area contributed by atoms with Gasteiger partial charge < -0.3 is 9.64 Å². The zero-order valence-electron chi connectivity index (χ0n) is 15.7. The van der Waals surface area contributed by atoms with Crippen molar-refractivity contribution in [3.63, 3.8) is 0 Å². The molecular formula is C21H18ClFN2O3S2. The van der Waals surface area contributed by atoms with Gasteiger partial charge in [-0.05, 0) is 54.6 Å². The van der Waals surface area contributed by atoms with Crippen molar-refractivity contribution >= 4 is 44.8 Å². The number of nitrogens with zero attached hydrogens (tertiary/aromatic N) is 1. The number of benzene rings is 3. The summed E-state index contributed by atoms with van der Waals surface area (Å²) in [7, 11) is -3.71. The highest BCUT2D eigenvalue weighted by Crippen LogP contribution is 2.48. The lowest BCUT2D eigenvalue weighted by Crippen LogP contribution is -2.33. The lowest BCUT2D eigenvalue weighted by atomic mass is 10.2. The maximum atomic E-state index is 12.6. The number of anilines is 2. The molecule has 1 heterocycles. The lowest BCUT2D eigenvalue weighted by molar-refractivity contribution is 0.191. The van der Waals surface area contributed by atoms with Gasteiger partial charge in [-0.15, -0.1) is 0 Å². The fraction of sp³-hybridized carbons (Fsp3) is 0.143. The Labute approximate surface area is 183 Å². The van der Waals surface area contributed by atoms with Crippen LogP contribution in [0, 0.1) is 0 Å². The van der Waals surface area contributed by atoms with E-state index in [2.05, 4.69) is 9.62 Å². The number of fused-ring (bicyclic) bond motifs is 2. The molecule has 1 aliphatic rings. The van der Waals surface area contributed by atoms with Crippen LogP contribution in [0.3, 0.4) is 0 Å². The number of rotatable bonds is 7. The van der Waals surface area contributed by atoms with Crippen molar-refractivity contribution in [2.24, 2.45) is 0 Å². The van der Waals surface area contributed by atoms with Crippen LogP contribution in [0.1, 0.15) is 0 Å². The van der Waals surface area contributed by atoms with E-state index in [0.717, 1.165) is 21.2 Å². The Balaban J connectivity index is 1.52. The van der Waals surface area contributed by atoms with E-state index in [0.29, 0.717) is 11.6 Å².